The van der Waals surface area contributed by atoms with E-state index in [2.05, 4.69) is 15.6 Å². The molecular formula is C18H25N5O4. The number of primary amides is 1. The molecule has 2 heterocycles. The number of aromatic nitrogens is 1. The standard InChI is InChI=1S/C18H25N5O4/c1-27-16-11(9-21-15(24)6-7-20-18(19)26)8-13-14(22-16)10-23(17(13)25)12-4-2-3-5-12/h8,12H,2-7,9-10H2,1H3,(H,21,24)(H3,19,20,26). The molecule has 1 saturated carbocycles. The number of hydrogen-bond donors (Lipinski definition) is 3. The second-order valence-corrected chi connectivity index (χ2v) is 6.84. The maximum absolute atomic E-state index is 12.8. The Morgan fingerprint density at radius 3 is 2.74 bits per heavy atom. The van der Waals surface area contributed by atoms with Gasteiger partial charge in [-0.15, -0.1) is 0 Å². The Morgan fingerprint density at radius 1 is 1.33 bits per heavy atom. The van der Waals surface area contributed by atoms with Gasteiger partial charge >= 0.3 is 6.03 Å². The van der Waals surface area contributed by atoms with Crippen molar-refractivity contribution in [2.24, 2.45) is 5.73 Å². The zero-order valence-corrected chi connectivity index (χ0v) is 15.4. The van der Waals surface area contributed by atoms with Crippen molar-refractivity contribution >= 4 is 17.8 Å². The number of hydrogen-bond acceptors (Lipinski definition) is 5. The number of carbonyl (C=O) groups is 3. The molecule has 3 rings (SSSR count). The highest BCUT2D eigenvalue weighted by Crippen LogP contribution is 2.33. The molecule has 0 unspecified atom stereocenters. The lowest BCUT2D eigenvalue weighted by atomic mass is 10.1. The Kier molecular flexibility index (Phi) is 5.78. The molecule has 1 aromatic heterocycles. The van der Waals surface area contributed by atoms with E-state index in [1.54, 1.807) is 6.07 Å². The normalized spacial score (nSPS) is 16.3. The van der Waals surface area contributed by atoms with E-state index in [-0.39, 0.29) is 31.3 Å². The fourth-order valence-electron chi connectivity index (χ4n) is 3.66. The summed E-state index contributed by atoms with van der Waals surface area (Å²) in [4.78, 5) is 41.7. The second-order valence-electron chi connectivity index (χ2n) is 6.84. The molecule has 27 heavy (non-hydrogen) atoms. The number of methoxy groups -OCH3 is 1. The van der Waals surface area contributed by atoms with Crippen molar-refractivity contribution in [3.8, 4) is 5.88 Å². The van der Waals surface area contributed by atoms with E-state index in [0.717, 1.165) is 31.4 Å². The van der Waals surface area contributed by atoms with Gasteiger partial charge < -0.3 is 26.0 Å². The molecule has 0 spiro atoms. The Hall–Kier alpha value is -2.84. The summed E-state index contributed by atoms with van der Waals surface area (Å²) in [6, 6.07) is 1.39. The zero-order valence-electron chi connectivity index (χ0n) is 15.4. The van der Waals surface area contributed by atoms with Crippen LogP contribution in [0, 0.1) is 0 Å². The molecule has 2 aliphatic rings. The van der Waals surface area contributed by atoms with Crippen LogP contribution in [0.5, 0.6) is 5.88 Å². The van der Waals surface area contributed by atoms with E-state index >= 15 is 0 Å². The van der Waals surface area contributed by atoms with Gasteiger partial charge in [-0.2, -0.15) is 0 Å². The van der Waals surface area contributed by atoms with E-state index in [0.29, 0.717) is 29.6 Å². The van der Waals surface area contributed by atoms with Crippen molar-refractivity contribution in [1.29, 1.82) is 0 Å². The van der Waals surface area contributed by atoms with Crippen LogP contribution < -0.4 is 21.1 Å². The number of nitrogens with one attached hydrogen (secondary N) is 2. The predicted octanol–water partition coefficient (Wildman–Crippen LogP) is 0.663. The van der Waals surface area contributed by atoms with E-state index in [1.165, 1.54) is 7.11 Å². The molecule has 0 aromatic carbocycles. The summed E-state index contributed by atoms with van der Waals surface area (Å²) in [5.41, 5.74) is 6.92. The second kappa shape index (κ2) is 8.24. The SMILES string of the molecule is COc1nc2c(cc1CNC(=O)CCNC(N)=O)C(=O)N(C1CCCC1)C2. The van der Waals surface area contributed by atoms with Gasteiger partial charge in [-0.3, -0.25) is 9.59 Å². The molecule has 0 bridgehead atoms. The summed E-state index contributed by atoms with van der Waals surface area (Å²) in [7, 11) is 1.52. The minimum atomic E-state index is -0.669. The predicted molar refractivity (Wildman–Crippen MR) is 97.0 cm³/mol. The molecule has 0 saturated heterocycles. The maximum Gasteiger partial charge on any atom is 0.312 e. The van der Waals surface area contributed by atoms with Crippen molar-refractivity contribution in [3.05, 3.63) is 22.9 Å². The highest BCUT2D eigenvalue weighted by molar-refractivity contribution is 5.98. The van der Waals surface area contributed by atoms with Gasteiger partial charge in [0.15, 0.2) is 0 Å². The summed E-state index contributed by atoms with van der Waals surface area (Å²) in [5, 5.41) is 5.10. The van der Waals surface area contributed by atoms with Crippen LogP contribution in [0.15, 0.2) is 6.07 Å². The first-order chi connectivity index (χ1) is 13.0. The average molecular weight is 375 g/mol. The molecule has 4 N–H and O–H groups in total. The largest absolute Gasteiger partial charge is 0.481 e. The number of ether oxygens (including phenoxy) is 1. The minimum Gasteiger partial charge on any atom is -0.481 e. The first kappa shape index (κ1) is 18.9. The van der Waals surface area contributed by atoms with Crippen LogP contribution >= 0.6 is 0 Å². The Labute approximate surface area is 157 Å². The number of rotatable bonds is 7. The molecule has 4 amide bonds. The van der Waals surface area contributed by atoms with E-state index in [9.17, 15) is 14.4 Å². The quantitative estimate of drug-likeness (QED) is 0.645. The Bertz CT molecular complexity index is 746. The number of nitrogens with zero attached hydrogens (tertiary/aromatic N) is 2. The van der Waals surface area contributed by atoms with Crippen LogP contribution in [-0.2, 0) is 17.9 Å². The van der Waals surface area contributed by atoms with E-state index in [4.69, 9.17) is 10.5 Å². The summed E-state index contributed by atoms with van der Waals surface area (Å²) in [6.07, 6.45) is 4.50. The van der Waals surface area contributed by atoms with Gasteiger partial charge in [0.2, 0.25) is 11.8 Å². The fourth-order valence-corrected chi connectivity index (χ4v) is 3.66. The number of nitrogens with two attached hydrogens (primary N) is 1. The van der Waals surface area contributed by atoms with Crippen molar-refractivity contribution in [2.45, 2.75) is 51.2 Å². The maximum atomic E-state index is 12.8. The lowest BCUT2D eigenvalue weighted by molar-refractivity contribution is -0.121. The monoisotopic (exact) mass is 375 g/mol. The van der Waals surface area contributed by atoms with Crippen molar-refractivity contribution in [1.82, 2.24) is 20.5 Å². The average Bonchev–Trinajstić information content (AvgIpc) is 3.27. The van der Waals surface area contributed by atoms with Gasteiger partial charge in [0.1, 0.15) is 0 Å². The lowest BCUT2D eigenvalue weighted by Crippen LogP contribution is -2.33. The smallest absolute Gasteiger partial charge is 0.312 e. The first-order valence-corrected chi connectivity index (χ1v) is 9.17. The molecule has 9 nitrogen and oxygen atoms in total. The molecule has 0 radical (unpaired) electrons. The van der Waals surface area contributed by atoms with Crippen molar-refractivity contribution < 1.29 is 19.1 Å². The summed E-state index contributed by atoms with van der Waals surface area (Å²) in [5.74, 6) is 0.167. The minimum absolute atomic E-state index is 0.00490. The van der Waals surface area contributed by atoms with Crippen LogP contribution in [0.2, 0.25) is 0 Å². The Balaban J connectivity index is 1.66. The summed E-state index contributed by atoms with van der Waals surface area (Å²) >= 11 is 0. The number of fused-ring (bicyclic) bond motifs is 1. The van der Waals surface area contributed by atoms with Crippen LogP contribution in [0.4, 0.5) is 4.79 Å². The van der Waals surface area contributed by atoms with Crippen molar-refractivity contribution in [2.75, 3.05) is 13.7 Å². The third kappa shape index (κ3) is 4.29. The third-order valence-corrected chi connectivity index (χ3v) is 5.04. The summed E-state index contributed by atoms with van der Waals surface area (Å²) in [6.45, 7) is 0.867. The summed E-state index contributed by atoms with van der Waals surface area (Å²) < 4.78 is 5.35. The first-order valence-electron chi connectivity index (χ1n) is 9.17. The molecule has 146 valence electrons. The third-order valence-electron chi connectivity index (χ3n) is 5.04. The number of urea groups is 1. The molecular weight excluding hydrogens is 350 g/mol. The van der Waals surface area contributed by atoms with Crippen LogP contribution in [0.25, 0.3) is 0 Å². The van der Waals surface area contributed by atoms with Crippen LogP contribution in [-0.4, -0.2) is 47.4 Å². The lowest BCUT2D eigenvalue weighted by Gasteiger charge is -2.22. The molecule has 1 aliphatic heterocycles. The number of carbonyl (C=O) groups excluding carboxylic acids is 3. The zero-order chi connectivity index (χ0) is 19.4. The van der Waals surface area contributed by atoms with E-state index < -0.39 is 6.03 Å². The van der Waals surface area contributed by atoms with Crippen LogP contribution in [0.3, 0.4) is 0 Å². The fraction of sp³-hybridized carbons (Fsp3) is 0.556. The topological polar surface area (TPSA) is 127 Å². The molecule has 1 aliphatic carbocycles. The van der Waals surface area contributed by atoms with Gasteiger partial charge in [-0.05, 0) is 18.9 Å². The molecule has 1 fully saturated rings. The van der Waals surface area contributed by atoms with Crippen molar-refractivity contribution in [3.63, 3.8) is 0 Å². The highest BCUT2D eigenvalue weighted by atomic mass is 16.5. The van der Waals surface area contributed by atoms with Gasteiger partial charge in [-0.25, -0.2) is 9.78 Å². The van der Waals surface area contributed by atoms with Crippen LogP contribution in [0.1, 0.15) is 53.7 Å². The van der Waals surface area contributed by atoms with E-state index in [1.807, 2.05) is 4.90 Å². The van der Waals surface area contributed by atoms with Gasteiger partial charge in [-0.1, -0.05) is 12.8 Å². The van der Waals surface area contributed by atoms with Gasteiger partial charge in [0.05, 0.1) is 24.9 Å². The number of amides is 4. The molecule has 0 atom stereocenters. The van der Waals surface area contributed by atoms with Gasteiger partial charge in [0, 0.05) is 31.1 Å². The molecule has 1 aromatic rings. The van der Waals surface area contributed by atoms with Gasteiger partial charge in [0.25, 0.3) is 5.91 Å². The highest BCUT2D eigenvalue weighted by Gasteiger charge is 2.35. The molecule has 9 heteroatoms. The number of pyridine rings is 1. The Morgan fingerprint density at radius 2 is 2.07 bits per heavy atom.